The van der Waals surface area contributed by atoms with Crippen LogP contribution in [0.25, 0.3) is 10.9 Å². The number of nitrogens with zero attached hydrogens (tertiary/aromatic N) is 4. The van der Waals surface area contributed by atoms with E-state index >= 15 is 0 Å². The van der Waals surface area contributed by atoms with Gasteiger partial charge in [0.1, 0.15) is 6.04 Å². The van der Waals surface area contributed by atoms with Gasteiger partial charge in [-0.15, -0.1) is 0 Å². The second-order valence-electron chi connectivity index (χ2n) is 9.66. The van der Waals surface area contributed by atoms with Crippen molar-refractivity contribution in [3.05, 3.63) is 70.9 Å². The minimum atomic E-state index is -0.626. The van der Waals surface area contributed by atoms with Crippen LogP contribution in [-0.2, 0) is 16.0 Å². The summed E-state index contributed by atoms with van der Waals surface area (Å²) in [5.74, 6) is 1.04. The topological polar surface area (TPSA) is 108 Å². The van der Waals surface area contributed by atoms with Gasteiger partial charge >= 0.3 is 5.97 Å². The number of hydrogen-bond donors (Lipinski definition) is 3. The molecule has 0 saturated heterocycles. The molecule has 2 aromatic carbocycles. The normalized spacial score (nSPS) is 16.8. The maximum atomic E-state index is 13.4. The van der Waals surface area contributed by atoms with Gasteiger partial charge in [-0.05, 0) is 37.0 Å². The number of ether oxygens (including phenoxy) is 1. The van der Waals surface area contributed by atoms with E-state index in [1.165, 1.54) is 7.11 Å². The summed E-state index contributed by atoms with van der Waals surface area (Å²) >= 11 is 0. The molecule has 1 aliphatic rings. The van der Waals surface area contributed by atoms with Crippen LogP contribution in [0.1, 0.15) is 55.1 Å². The van der Waals surface area contributed by atoms with Crippen molar-refractivity contribution in [2.24, 2.45) is 0 Å². The van der Waals surface area contributed by atoms with Crippen LogP contribution in [0.5, 0.6) is 0 Å². The number of para-hydroxylation sites is 1. The number of H-pyrrole nitrogens is 1. The van der Waals surface area contributed by atoms with Crippen molar-refractivity contribution in [3.8, 4) is 0 Å². The summed E-state index contributed by atoms with van der Waals surface area (Å²) in [4.78, 5) is 33.3. The summed E-state index contributed by atoms with van der Waals surface area (Å²) in [6.45, 7) is 7.70. The van der Waals surface area contributed by atoms with Gasteiger partial charge in [-0.2, -0.15) is 15.0 Å². The number of esters is 1. The molecule has 0 amide bonds. The van der Waals surface area contributed by atoms with Gasteiger partial charge in [0.05, 0.1) is 13.2 Å². The van der Waals surface area contributed by atoms with E-state index in [0.717, 1.165) is 59.2 Å². The zero-order valence-electron chi connectivity index (χ0n) is 22.4. The largest absolute Gasteiger partial charge is 0.467 e. The van der Waals surface area contributed by atoms with Crippen molar-refractivity contribution >= 4 is 34.7 Å². The van der Waals surface area contributed by atoms with E-state index in [1.807, 2.05) is 17.0 Å². The van der Waals surface area contributed by atoms with Crippen molar-refractivity contribution < 1.29 is 9.53 Å². The lowest BCUT2D eigenvalue weighted by molar-refractivity contribution is -0.142. The third-order valence-corrected chi connectivity index (χ3v) is 6.92. The average molecular weight is 514 g/mol. The summed E-state index contributed by atoms with van der Waals surface area (Å²) in [5.41, 5.74) is 5.37. The lowest BCUT2D eigenvalue weighted by Gasteiger charge is -2.41. The van der Waals surface area contributed by atoms with Gasteiger partial charge in [0.25, 0.3) is 0 Å². The predicted octanol–water partition coefficient (Wildman–Crippen LogP) is 5.00. The quantitative estimate of drug-likeness (QED) is 0.269. The average Bonchev–Trinajstić information content (AvgIpc) is 3.32. The second kappa shape index (κ2) is 11.1. The van der Waals surface area contributed by atoms with Crippen molar-refractivity contribution in [2.45, 2.75) is 52.1 Å². The van der Waals surface area contributed by atoms with Crippen molar-refractivity contribution in [1.82, 2.24) is 19.9 Å². The number of anilines is 3. The van der Waals surface area contributed by atoms with Crippen LogP contribution >= 0.6 is 0 Å². The molecular weight excluding hydrogens is 478 g/mol. The molecule has 1 aliphatic heterocycles. The molecule has 0 saturated carbocycles. The van der Waals surface area contributed by atoms with Crippen molar-refractivity contribution in [3.63, 3.8) is 0 Å². The molecule has 0 spiro atoms. The van der Waals surface area contributed by atoms with Gasteiger partial charge in [-0.1, -0.05) is 61.9 Å². The van der Waals surface area contributed by atoms with Crippen molar-refractivity contribution in [1.29, 1.82) is 0 Å². The van der Waals surface area contributed by atoms with Gasteiger partial charge in [0, 0.05) is 36.1 Å². The Balaban J connectivity index is 1.74. The third-order valence-electron chi connectivity index (χ3n) is 6.92. The first-order valence-corrected chi connectivity index (χ1v) is 13.3. The van der Waals surface area contributed by atoms with E-state index in [0.29, 0.717) is 24.3 Å². The fourth-order valence-electron chi connectivity index (χ4n) is 5.06. The Kier molecular flexibility index (Phi) is 7.44. The Morgan fingerprint density at radius 3 is 2.29 bits per heavy atom. The Hall–Kier alpha value is -4.14. The van der Waals surface area contributed by atoms with Crippen LogP contribution in [0.15, 0.2) is 48.5 Å². The lowest BCUT2D eigenvalue weighted by atomic mass is 9.88. The van der Waals surface area contributed by atoms with E-state index in [-0.39, 0.29) is 12.0 Å². The number of benzene rings is 2. The summed E-state index contributed by atoms with van der Waals surface area (Å²) in [6, 6.07) is 15.6. The van der Waals surface area contributed by atoms with Crippen molar-refractivity contribution in [2.75, 3.05) is 35.7 Å². The summed E-state index contributed by atoms with van der Waals surface area (Å²) in [5, 5.41) is 7.71. The number of aromatic nitrogens is 4. The van der Waals surface area contributed by atoms with Crippen LogP contribution < -0.4 is 15.5 Å². The number of fused-ring (bicyclic) bond motifs is 3. The molecule has 0 bridgehead atoms. The molecule has 4 aromatic rings. The monoisotopic (exact) mass is 513 g/mol. The molecule has 0 aliphatic carbocycles. The number of hydrogen-bond acceptors (Lipinski definition) is 8. The van der Waals surface area contributed by atoms with E-state index < -0.39 is 6.04 Å². The number of rotatable bonds is 9. The SMILES string of the molecule is CCCNc1nc(NCCC)nc(N2[C@@H](c3ccc(C)cc3)c3[nH]c4ccccc4c3C[C@H]2C(=O)OC)n1. The van der Waals surface area contributed by atoms with E-state index in [4.69, 9.17) is 14.7 Å². The van der Waals surface area contributed by atoms with Gasteiger partial charge in [-0.25, -0.2) is 4.79 Å². The molecule has 3 heterocycles. The zero-order chi connectivity index (χ0) is 26.6. The maximum absolute atomic E-state index is 13.4. The number of aryl methyl sites for hydroxylation is 1. The minimum absolute atomic E-state index is 0.329. The Labute approximate surface area is 223 Å². The van der Waals surface area contributed by atoms with Crippen LogP contribution in [0.3, 0.4) is 0 Å². The van der Waals surface area contributed by atoms with Crippen LogP contribution in [0.4, 0.5) is 17.8 Å². The highest BCUT2D eigenvalue weighted by atomic mass is 16.5. The molecule has 38 heavy (non-hydrogen) atoms. The van der Waals surface area contributed by atoms with Gasteiger partial charge in [0.2, 0.25) is 17.8 Å². The first-order chi connectivity index (χ1) is 18.5. The molecule has 2 aromatic heterocycles. The fourth-order valence-corrected chi connectivity index (χ4v) is 5.06. The maximum Gasteiger partial charge on any atom is 0.328 e. The molecule has 2 atom stereocenters. The number of carbonyl (C=O) groups is 1. The van der Waals surface area contributed by atoms with Crippen LogP contribution in [0.2, 0.25) is 0 Å². The number of methoxy groups -OCH3 is 1. The smallest absolute Gasteiger partial charge is 0.328 e. The molecular formula is C29H35N7O2. The fraction of sp³-hybridized carbons (Fsp3) is 0.379. The molecule has 9 heteroatoms. The summed E-state index contributed by atoms with van der Waals surface area (Å²) in [7, 11) is 1.43. The number of nitrogens with one attached hydrogen (secondary N) is 3. The third kappa shape index (κ3) is 4.88. The van der Waals surface area contributed by atoms with E-state index in [2.05, 4.69) is 77.8 Å². The Bertz CT molecular complexity index is 1390. The van der Waals surface area contributed by atoms with E-state index in [1.54, 1.807) is 0 Å². The Morgan fingerprint density at radius 1 is 1.00 bits per heavy atom. The first kappa shape index (κ1) is 25.5. The van der Waals surface area contributed by atoms with Gasteiger partial charge in [0.15, 0.2) is 0 Å². The summed E-state index contributed by atoms with van der Waals surface area (Å²) in [6.07, 6.45) is 2.32. The predicted molar refractivity (Wildman–Crippen MR) is 151 cm³/mol. The number of carbonyl (C=O) groups excluding carboxylic acids is 1. The Morgan fingerprint density at radius 2 is 1.66 bits per heavy atom. The lowest BCUT2D eigenvalue weighted by Crippen LogP contribution is -2.50. The highest BCUT2D eigenvalue weighted by molar-refractivity contribution is 5.89. The van der Waals surface area contributed by atoms with Crippen LogP contribution in [-0.4, -0.2) is 52.1 Å². The molecule has 0 unspecified atom stereocenters. The second-order valence-corrected chi connectivity index (χ2v) is 9.66. The standard InChI is InChI=1S/C29H35N7O2/c1-5-15-30-27-33-28(31-16-6-2)35-29(34-27)36-23(26(37)38-4)17-21-20-9-7-8-10-22(20)32-24(21)25(36)19-13-11-18(3)12-14-19/h7-14,23,25,32H,5-6,15-17H2,1-4H3,(H2,30,31,33,34,35)/t23-,25-/m0/s1. The number of aromatic amines is 1. The van der Waals surface area contributed by atoms with Crippen LogP contribution in [0, 0.1) is 6.92 Å². The van der Waals surface area contributed by atoms with Gasteiger partial charge < -0.3 is 25.3 Å². The zero-order valence-corrected chi connectivity index (χ0v) is 22.4. The molecule has 198 valence electrons. The molecule has 5 rings (SSSR count). The molecule has 0 fully saturated rings. The summed E-state index contributed by atoms with van der Waals surface area (Å²) < 4.78 is 5.35. The highest BCUT2D eigenvalue weighted by Crippen LogP contribution is 2.43. The molecule has 0 radical (unpaired) electrons. The highest BCUT2D eigenvalue weighted by Gasteiger charge is 2.43. The van der Waals surface area contributed by atoms with E-state index in [9.17, 15) is 4.79 Å². The van der Waals surface area contributed by atoms with Gasteiger partial charge in [-0.3, -0.25) is 0 Å². The molecule has 9 nitrogen and oxygen atoms in total. The molecule has 3 N–H and O–H groups in total. The first-order valence-electron chi connectivity index (χ1n) is 13.3. The minimum Gasteiger partial charge on any atom is -0.467 e.